The van der Waals surface area contributed by atoms with Gasteiger partial charge in [-0.3, -0.25) is 9.59 Å². The van der Waals surface area contributed by atoms with Gasteiger partial charge >= 0.3 is 0 Å². The van der Waals surface area contributed by atoms with Crippen molar-refractivity contribution in [3.63, 3.8) is 0 Å². The Kier molecular flexibility index (Phi) is 8.95. The summed E-state index contributed by atoms with van der Waals surface area (Å²) in [4.78, 5) is 20.9. The predicted octanol–water partition coefficient (Wildman–Crippen LogP) is -2.17. The number of rotatable bonds is 10. The molecule has 0 bridgehead atoms. The molecule has 0 aliphatic rings. The fourth-order valence-electron chi connectivity index (χ4n) is 0.955. The third kappa shape index (κ3) is 13.0. The second-order valence-corrected chi connectivity index (χ2v) is 3.27. The number of hydrogen-bond donors (Lipinski definition) is 4. The number of hydrogen-bond acceptors (Lipinski definition) is 5. The molecule has 0 unspecified atom stereocenters. The number of amides is 1. The highest BCUT2D eigenvalue weighted by molar-refractivity contribution is 5.77. The van der Waals surface area contributed by atoms with Gasteiger partial charge in [-0.2, -0.15) is 0 Å². The van der Waals surface area contributed by atoms with E-state index in [1.54, 1.807) is 6.92 Å². The van der Waals surface area contributed by atoms with E-state index in [-0.39, 0.29) is 18.2 Å². The first-order chi connectivity index (χ1) is 7.13. The maximum atomic E-state index is 10.5. The Balaban J connectivity index is 2.99. The highest BCUT2D eigenvalue weighted by Crippen LogP contribution is 1.65. The van der Waals surface area contributed by atoms with Crippen LogP contribution in [0.4, 0.5) is 0 Å². The Morgan fingerprint density at radius 3 is 1.87 bits per heavy atom. The number of nitrogens with two attached hydrogens (primary N) is 1. The average Bonchev–Trinajstić information content (AvgIpc) is 2.14. The van der Waals surface area contributed by atoms with E-state index in [2.05, 4.69) is 16.0 Å². The van der Waals surface area contributed by atoms with Gasteiger partial charge in [0.05, 0.1) is 13.1 Å². The highest BCUT2D eigenvalue weighted by atomic mass is 16.1. The molecule has 0 heterocycles. The molecule has 0 saturated heterocycles. The van der Waals surface area contributed by atoms with E-state index in [9.17, 15) is 9.59 Å². The fraction of sp³-hybridized carbons (Fsp3) is 0.778. The molecule has 0 atom stereocenters. The second-order valence-electron chi connectivity index (χ2n) is 3.27. The van der Waals surface area contributed by atoms with E-state index in [0.717, 1.165) is 19.6 Å². The predicted molar refractivity (Wildman–Crippen MR) is 58.5 cm³/mol. The van der Waals surface area contributed by atoms with Crippen LogP contribution in [-0.2, 0) is 9.59 Å². The minimum atomic E-state index is -0.349. The molecule has 0 aromatic heterocycles. The van der Waals surface area contributed by atoms with Crippen molar-refractivity contribution in [3.05, 3.63) is 0 Å². The molecule has 0 aromatic rings. The van der Waals surface area contributed by atoms with Gasteiger partial charge in [0.1, 0.15) is 5.78 Å². The van der Waals surface area contributed by atoms with Crippen molar-refractivity contribution in [2.24, 2.45) is 5.73 Å². The van der Waals surface area contributed by atoms with Crippen molar-refractivity contribution in [2.45, 2.75) is 6.92 Å². The minimum absolute atomic E-state index is 0.137. The van der Waals surface area contributed by atoms with Gasteiger partial charge in [-0.25, -0.2) is 0 Å². The van der Waals surface area contributed by atoms with E-state index < -0.39 is 0 Å². The SMILES string of the molecule is CC(=O)CNCCNCCNCC(N)=O. The van der Waals surface area contributed by atoms with Crippen LogP contribution in [0.25, 0.3) is 0 Å². The first-order valence-corrected chi connectivity index (χ1v) is 5.03. The lowest BCUT2D eigenvalue weighted by molar-refractivity contribution is -0.117. The molecule has 88 valence electrons. The monoisotopic (exact) mass is 216 g/mol. The van der Waals surface area contributed by atoms with Crippen LogP contribution in [0.15, 0.2) is 0 Å². The van der Waals surface area contributed by atoms with E-state index in [1.807, 2.05) is 0 Å². The summed E-state index contributed by atoms with van der Waals surface area (Å²) in [6.45, 7) is 5.21. The smallest absolute Gasteiger partial charge is 0.231 e. The molecule has 0 aliphatic carbocycles. The first kappa shape index (κ1) is 14.0. The van der Waals surface area contributed by atoms with Crippen molar-refractivity contribution >= 4 is 11.7 Å². The fourth-order valence-corrected chi connectivity index (χ4v) is 0.955. The largest absolute Gasteiger partial charge is 0.369 e. The zero-order valence-electron chi connectivity index (χ0n) is 9.14. The van der Waals surface area contributed by atoms with Gasteiger partial charge in [-0.15, -0.1) is 0 Å². The van der Waals surface area contributed by atoms with E-state index in [4.69, 9.17) is 5.73 Å². The van der Waals surface area contributed by atoms with Crippen LogP contribution in [0.5, 0.6) is 0 Å². The number of carbonyl (C=O) groups is 2. The van der Waals surface area contributed by atoms with Crippen LogP contribution in [0.1, 0.15) is 6.92 Å². The van der Waals surface area contributed by atoms with Crippen LogP contribution in [0.2, 0.25) is 0 Å². The topological polar surface area (TPSA) is 96.2 Å². The molecular weight excluding hydrogens is 196 g/mol. The van der Waals surface area contributed by atoms with Crippen molar-refractivity contribution in [1.82, 2.24) is 16.0 Å². The van der Waals surface area contributed by atoms with Gasteiger partial charge in [0.15, 0.2) is 0 Å². The Morgan fingerprint density at radius 1 is 0.933 bits per heavy atom. The molecular formula is C9H20N4O2. The third-order valence-electron chi connectivity index (χ3n) is 1.63. The van der Waals surface area contributed by atoms with Crippen LogP contribution in [-0.4, -0.2) is 51.0 Å². The number of carbonyl (C=O) groups excluding carboxylic acids is 2. The molecule has 15 heavy (non-hydrogen) atoms. The average molecular weight is 216 g/mol. The molecule has 0 aliphatic heterocycles. The van der Waals surface area contributed by atoms with Gasteiger partial charge in [0, 0.05) is 26.2 Å². The van der Waals surface area contributed by atoms with E-state index in [0.29, 0.717) is 13.1 Å². The van der Waals surface area contributed by atoms with Crippen molar-refractivity contribution in [3.8, 4) is 0 Å². The van der Waals surface area contributed by atoms with E-state index >= 15 is 0 Å². The van der Waals surface area contributed by atoms with Crippen LogP contribution < -0.4 is 21.7 Å². The maximum absolute atomic E-state index is 10.5. The van der Waals surface area contributed by atoms with Gasteiger partial charge in [-0.05, 0) is 6.92 Å². The van der Waals surface area contributed by atoms with Gasteiger partial charge in [0.25, 0.3) is 0 Å². The summed E-state index contributed by atoms with van der Waals surface area (Å²) in [6, 6.07) is 0. The number of Topliss-reactive ketones (excluding diaryl/α,β-unsaturated/α-hetero) is 1. The zero-order chi connectivity index (χ0) is 11.5. The molecule has 0 saturated carbocycles. The van der Waals surface area contributed by atoms with E-state index in [1.165, 1.54) is 0 Å². The minimum Gasteiger partial charge on any atom is -0.369 e. The quantitative estimate of drug-likeness (QED) is 0.312. The lowest BCUT2D eigenvalue weighted by atomic mass is 10.4. The Morgan fingerprint density at radius 2 is 1.40 bits per heavy atom. The summed E-state index contributed by atoms with van der Waals surface area (Å²) in [5, 5.41) is 9.01. The molecule has 6 heteroatoms. The Hall–Kier alpha value is -0.980. The second kappa shape index (κ2) is 9.57. The van der Waals surface area contributed by atoms with Crippen molar-refractivity contribution in [2.75, 3.05) is 39.3 Å². The third-order valence-corrected chi connectivity index (χ3v) is 1.63. The van der Waals surface area contributed by atoms with Gasteiger partial charge in [-0.1, -0.05) is 0 Å². The summed E-state index contributed by atoms with van der Waals surface area (Å²) < 4.78 is 0. The van der Waals surface area contributed by atoms with Crippen LogP contribution in [0.3, 0.4) is 0 Å². The lowest BCUT2D eigenvalue weighted by Gasteiger charge is -2.05. The maximum Gasteiger partial charge on any atom is 0.231 e. The summed E-state index contributed by atoms with van der Waals surface area (Å²) in [7, 11) is 0. The normalized spacial score (nSPS) is 10.2. The molecule has 0 fully saturated rings. The zero-order valence-corrected chi connectivity index (χ0v) is 9.14. The summed E-state index contributed by atoms with van der Waals surface area (Å²) in [5.41, 5.74) is 4.94. The summed E-state index contributed by atoms with van der Waals surface area (Å²) in [5.74, 6) is -0.212. The Bertz CT molecular complexity index is 177. The first-order valence-electron chi connectivity index (χ1n) is 5.03. The number of primary amides is 1. The lowest BCUT2D eigenvalue weighted by Crippen LogP contribution is -2.36. The molecule has 0 rings (SSSR count). The van der Waals surface area contributed by atoms with Crippen molar-refractivity contribution < 1.29 is 9.59 Å². The standard InChI is InChI=1S/C9H20N4O2/c1-8(14)6-12-4-2-11-3-5-13-7-9(10)15/h11-13H,2-7H2,1H3,(H2,10,15). The molecule has 0 aromatic carbocycles. The van der Waals surface area contributed by atoms with Gasteiger partial charge in [0.2, 0.25) is 5.91 Å². The number of ketones is 1. The van der Waals surface area contributed by atoms with Crippen LogP contribution >= 0.6 is 0 Å². The van der Waals surface area contributed by atoms with Gasteiger partial charge < -0.3 is 21.7 Å². The number of nitrogens with one attached hydrogen (secondary N) is 3. The molecule has 5 N–H and O–H groups in total. The summed E-state index contributed by atoms with van der Waals surface area (Å²) >= 11 is 0. The Labute approximate surface area is 90.0 Å². The molecule has 1 amide bonds. The highest BCUT2D eigenvalue weighted by Gasteiger charge is 1.93. The molecule has 0 radical (unpaired) electrons. The van der Waals surface area contributed by atoms with Crippen LogP contribution in [0, 0.1) is 0 Å². The van der Waals surface area contributed by atoms with Crippen molar-refractivity contribution in [1.29, 1.82) is 0 Å². The molecule has 0 spiro atoms. The molecule has 6 nitrogen and oxygen atoms in total. The summed E-state index contributed by atoms with van der Waals surface area (Å²) in [6.07, 6.45) is 0.